The Kier molecular flexibility index (Phi) is 27.2. The molecule has 94 heavy (non-hydrogen) atoms. The summed E-state index contributed by atoms with van der Waals surface area (Å²) in [7, 11) is 0. The Morgan fingerprint density at radius 2 is 0.585 bits per heavy atom. The van der Waals surface area contributed by atoms with E-state index < -0.39 is 35.8 Å². The fourth-order valence-corrected chi connectivity index (χ4v) is 12.9. The molecule has 6 saturated heterocycles. The SMILES string of the molecule is CC[C@@H]1CCCN1c1ncccc1C(=O)O.CC[C@@H]1CCN(c2ncccc2C(=O)O)C1.CC[C@H]1CCCN1c1ncccc1C(=O)O.CC[C@H]1CCN(c2ncccc2C(=O)O)C1.C[C@@H]1CCN(c2ncccc2C(=O)O)C1.C[C@H]1CCN(c2ncccc2C(=O)O)C1. The maximum atomic E-state index is 11.1. The second kappa shape index (κ2) is 35.5. The number of hydrogen-bond acceptors (Lipinski definition) is 18. The van der Waals surface area contributed by atoms with Crippen LogP contribution in [0, 0.1) is 23.7 Å². The van der Waals surface area contributed by atoms with E-state index in [0.29, 0.717) is 104 Å². The molecule has 12 heterocycles. The largest absolute Gasteiger partial charge is 0.478 e. The van der Waals surface area contributed by atoms with Crippen molar-refractivity contribution < 1.29 is 59.4 Å². The number of carboxylic acid groups (broad SMARTS) is 6. The average Bonchev–Trinajstić information content (AvgIpc) is 1.74. The van der Waals surface area contributed by atoms with Gasteiger partial charge in [-0.15, -0.1) is 0 Å². The lowest BCUT2D eigenvalue weighted by Crippen LogP contribution is -2.30. The minimum Gasteiger partial charge on any atom is -0.478 e. The molecule has 0 radical (unpaired) electrons. The summed E-state index contributed by atoms with van der Waals surface area (Å²) in [6.45, 7) is 22.0. The molecular formula is C70H92N12O12. The number of hydrogen-bond donors (Lipinski definition) is 6. The second-order valence-electron chi connectivity index (χ2n) is 24.6. The third-order valence-corrected chi connectivity index (χ3v) is 18.1. The van der Waals surface area contributed by atoms with E-state index in [9.17, 15) is 28.8 Å². The number of pyridine rings is 6. The molecule has 24 heteroatoms. The van der Waals surface area contributed by atoms with E-state index in [-0.39, 0.29) is 0 Å². The first kappa shape index (κ1) is 72.0. The number of aromatic carboxylic acids is 6. The lowest BCUT2D eigenvalue weighted by Gasteiger charge is -2.25. The smallest absolute Gasteiger partial charge is 0.339 e. The lowest BCUT2D eigenvalue weighted by atomic mass is 10.1. The Balaban J connectivity index is 0.000000160. The highest BCUT2D eigenvalue weighted by Gasteiger charge is 2.31. The van der Waals surface area contributed by atoms with E-state index in [2.05, 4.69) is 91.0 Å². The van der Waals surface area contributed by atoms with Gasteiger partial charge in [-0.1, -0.05) is 54.4 Å². The number of anilines is 6. The highest BCUT2D eigenvalue weighted by atomic mass is 16.4. The molecule has 6 aliphatic rings. The molecule has 0 saturated carbocycles. The fourth-order valence-electron chi connectivity index (χ4n) is 12.9. The molecule has 0 aliphatic carbocycles. The molecule has 6 aromatic heterocycles. The molecule has 24 nitrogen and oxygen atoms in total. The zero-order valence-corrected chi connectivity index (χ0v) is 54.9. The van der Waals surface area contributed by atoms with Crippen LogP contribution < -0.4 is 29.4 Å². The third kappa shape index (κ3) is 19.3. The molecule has 0 amide bonds. The van der Waals surface area contributed by atoms with Gasteiger partial charge in [0.15, 0.2) is 0 Å². The summed E-state index contributed by atoms with van der Waals surface area (Å²) in [4.78, 5) is 104. The van der Waals surface area contributed by atoms with E-state index in [1.54, 1.807) is 110 Å². The topological polar surface area (TPSA) is 321 Å². The van der Waals surface area contributed by atoms with Crippen LogP contribution in [0.15, 0.2) is 110 Å². The zero-order chi connectivity index (χ0) is 67.8. The highest BCUT2D eigenvalue weighted by Crippen LogP contribution is 2.32. The zero-order valence-electron chi connectivity index (χ0n) is 54.9. The van der Waals surface area contributed by atoms with Crippen LogP contribution >= 0.6 is 0 Å². The first-order chi connectivity index (χ1) is 45.3. The molecule has 0 aromatic carbocycles. The van der Waals surface area contributed by atoms with Crippen LogP contribution in [0.3, 0.4) is 0 Å². The van der Waals surface area contributed by atoms with E-state index in [4.69, 9.17) is 30.6 Å². The number of rotatable bonds is 16. The molecule has 504 valence electrons. The summed E-state index contributed by atoms with van der Waals surface area (Å²) in [6, 6.07) is 20.6. The summed E-state index contributed by atoms with van der Waals surface area (Å²) in [5, 5.41) is 54.5. The van der Waals surface area contributed by atoms with E-state index >= 15 is 0 Å². The Hall–Kier alpha value is -9.48. The summed E-state index contributed by atoms with van der Waals surface area (Å²) >= 11 is 0. The lowest BCUT2D eigenvalue weighted by molar-refractivity contribution is 0.0686. The molecule has 6 aliphatic heterocycles. The summed E-state index contributed by atoms with van der Waals surface area (Å²) < 4.78 is 0. The van der Waals surface area contributed by atoms with Gasteiger partial charge in [0.25, 0.3) is 0 Å². The highest BCUT2D eigenvalue weighted by molar-refractivity contribution is 5.96. The van der Waals surface area contributed by atoms with Crippen molar-refractivity contribution in [2.24, 2.45) is 23.7 Å². The minimum absolute atomic E-state index is 0.298. The van der Waals surface area contributed by atoms with Gasteiger partial charge in [-0.2, -0.15) is 0 Å². The second-order valence-corrected chi connectivity index (χ2v) is 24.6. The van der Waals surface area contributed by atoms with Crippen molar-refractivity contribution >= 4 is 70.7 Å². The molecule has 0 spiro atoms. The van der Waals surface area contributed by atoms with Gasteiger partial charge >= 0.3 is 35.8 Å². The molecule has 12 rings (SSSR count). The summed E-state index contributed by atoms with van der Waals surface area (Å²) in [6.07, 6.45) is 23.3. The van der Waals surface area contributed by atoms with Crippen LogP contribution in [-0.2, 0) is 0 Å². The van der Waals surface area contributed by atoms with E-state index in [1.807, 2.05) is 9.80 Å². The number of carboxylic acids is 6. The molecule has 6 N–H and O–H groups in total. The number of aromatic nitrogens is 6. The van der Waals surface area contributed by atoms with Crippen molar-refractivity contribution in [3.05, 3.63) is 143 Å². The summed E-state index contributed by atoms with van der Waals surface area (Å²) in [5.41, 5.74) is 1.82. The predicted octanol–water partition coefficient (Wildman–Crippen LogP) is 11.6. The minimum atomic E-state index is -0.905. The Morgan fingerprint density at radius 3 is 0.809 bits per heavy atom. The maximum absolute atomic E-state index is 11.1. The van der Waals surface area contributed by atoms with Crippen LogP contribution in [0.4, 0.5) is 34.9 Å². The standard InChI is InChI=1S/4C12H16N2O2.2C11H14N2O2/c2*1-2-9-5-4-8-14(9)11-10(12(15)16)6-3-7-13-11;2*1-2-9-5-7-14(8-9)11-10(12(15)16)4-3-6-13-11;2*1-8-4-6-13(7-8)10-9(11(14)15)3-2-5-12-10/h2*3,6-7,9H,2,4-5,8H2,1H3,(H,15,16);2*3-4,6,9H,2,5,7-8H2,1H3,(H,15,16);2*2-3,5,8H,4,6-7H2,1H3,(H,14,15)/t4*9-;2*8-/m101010/s1. The molecule has 6 fully saturated rings. The van der Waals surface area contributed by atoms with Gasteiger partial charge in [0.2, 0.25) is 0 Å². The van der Waals surface area contributed by atoms with Gasteiger partial charge in [-0.25, -0.2) is 58.7 Å². The van der Waals surface area contributed by atoms with Gasteiger partial charge in [0.05, 0.1) is 0 Å². The molecule has 6 aromatic rings. The van der Waals surface area contributed by atoms with Crippen LogP contribution in [0.1, 0.15) is 181 Å². The van der Waals surface area contributed by atoms with Gasteiger partial charge in [-0.05, 0) is 161 Å². The van der Waals surface area contributed by atoms with Crippen LogP contribution in [0.5, 0.6) is 0 Å². The number of nitrogens with zero attached hydrogens (tertiary/aromatic N) is 12. The van der Waals surface area contributed by atoms with Crippen molar-refractivity contribution in [1.29, 1.82) is 0 Å². The average molecular weight is 1290 g/mol. The predicted molar refractivity (Wildman–Crippen MR) is 362 cm³/mol. The fraction of sp³-hybridized carbons (Fsp3) is 0.486. The van der Waals surface area contributed by atoms with Crippen molar-refractivity contribution in [3.63, 3.8) is 0 Å². The Morgan fingerprint density at radius 1 is 0.340 bits per heavy atom. The van der Waals surface area contributed by atoms with Gasteiger partial charge in [0.1, 0.15) is 68.3 Å². The van der Waals surface area contributed by atoms with Crippen molar-refractivity contribution in [2.45, 2.75) is 131 Å². The Bertz CT molecular complexity index is 3260. The van der Waals surface area contributed by atoms with Crippen molar-refractivity contribution in [3.8, 4) is 0 Å². The van der Waals surface area contributed by atoms with Crippen LogP contribution in [0.2, 0.25) is 0 Å². The molecule has 6 atom stereocenters. The molecular weight excluding hydrogens is 1200 g/mol. The van der Waals surface area contributed by atoms with Gasteiger partial charge in [-0.3, -0.25) is 0 Å². The number of carbonyl (C=O) groups is 6. The Labute approximate surface area is 550 Å². The molecule has 0 bridgehead atoms. The van der Waals surface area contributed by atoms with E-state index in [1.165, 1.54) is 0 Å². The summed E-state index contributed by atoms with van der Waals surface area (Å²) in [5.74, 6) is 0.866. The van der Waals surface area contributed by atoms with Crippen molar-refractivity contribution in [2.75, 3.05) is 94.8 Å². The maximum Gasteiger partial charge on any atom is 0.339 e. The first-order valence-corrected chi connectivity index (χ1v) is 32.9. The normalized spacial score (nSPS) is 20.2. The van der Waals surface area contributed by atoms with E-state index in [0.717, 1.165) is 142 Å². The third-order valence-electron chi connectivity index (χ3n) is 18.1. The van der Waals surface area contributed by atoms with Crippen LogP contribution in [-0.4, -0.2) is 174 Å². The van der Waals surface area contributed by atoms with Gasteiger partial charge < -0.3 is 60.0 Å². The van der Waals surface area contributed by atoms with Crippen molar-refractivity contribution in [1.82, 2.24) is 29.9 Å². The quantitative estimate of drug-likeness (QED) is 0.0524. The molecule has 0 unspecified atom stereocenters. The van der Waals surface area contributed by atoms with Crippen LogP contribution in [0.25, 0.3) is 0 Å². The first-order valence-electron chi connectivity index (χ1n) is 32.9. The van der Waals surface area contributed by atoms with Gasteiger partial charge in [0, 0.05) is 115 Å². The monoisotopic (exact) mass is 1290 g/mol.